The van der Waals surface area contributed by atoms with Crippen LogP contribution in [0.4, 0.5) is 16.3 Å². The third-order valence-corrected chi connectivity index (χ3v) is 5.28. The van der Waals surface area contributed by atoms with Crippen LogP contribution in [0.3, 0.4) is 0 Å². The molecular weight excluding hydrogens is 416 g/mol. The molecule has 0 spiro atoms. The Morgan fingerprint density at radius 3 is 2.39 bits per heavy atom. The van der Waals surface area contributed by atoms with E-state index in [1.54, 1.807) is 18.3 Å². The first-order valence-electron chi connectivity index (χ1n) is 10.9. The summed E-state index contributed by atoms with van der Waals surface area (Å²) in [5.41, 5.74) is 3.96. The van der Waals surface area contributed by atoms with Gasteiger partial charge in [0, 0.05) is 17.8 Å². The zero-order chi connectivity index (χ0) is 23.8. The number of nitrogens with one attached hydrogen (secondary N) is 3. The maximum atomic E-state index is 12.8. The maximum Gasteiger partial charge on any atom is 0.324 e. The summed E-state index contributed by atoms with van der Waals surface area (Å²) in [5.74, 6) is 0.208. The lowest BCUT2D eigenvalue weighted by molar-refractivity contribution is 0.0942. The molecular formula is C25H30N6O2. The Morgan fingerprint density at radius 2 is 1.76 bits per heavy atom. The van der Waals surface area contributed by atoms with E-state index in [9.17, 15) is 9.59 Å². The molecule has 1 heterocycles. The molecule has 0 saturated carbocycles. The molecule has 0 aliphatic carbocycles. The number of rotatable bonds is 8. The quantitative estimate of drug-likeness (QED) is 0.485. The number of carbonyl (C=O) groups excluding carboxylic acids is 2. The van der Waals surface area contributed by atoms with Gasteiger partial charge in [-0.2, -0.15) is 0 Å². The van der Waals surface area contributed by atoms with Gasteiger partial charge in [-0.15, -0.1) is 0 Å². The van der Waals surface area contributed by atoms with Crippen molar-refractivity contribution >= 4 is 23.4 Å². The van der Waals surface area contributed by atoms with Crippen LogP contribution in [0, 0.1) is 6.92 Å². The van der Waals surface area contributed by atoms with Crippen molar-refractivity contribution in [1.29, 1.82) is 0 Å². The molecule has 3 N–H and O–H groups in total. The highest BCUT2D eigenvalue weighted by Gasteiger charge is 2.17. The predicted octanol–water partition coefficient (Wildman–Crippen LogP) is 4.02. The molecule has 0 radical (unpaired) electrons. The number of benzene rings is 2. The number of hydrogen-bond donors (Lipinski definition) is 3. The summed E-state index contributed by atoms with van der Waals surface area (Å²) >= 11 is 0. The molecule has 0 aliphatic heterocycles. The van der Waals surface area contributed by atoms with Crippen LogP contribution in [0.25, 0.3) is 0 Å². The Kier molecular flexibility index (Phi) is 8.10. The number of anilines is 2. The summed E-state index contributed by atoms with van der Waals surface area (Å²) in [5, 5.41) is 8.51. The standard InChI is InChI=1S/C25H30N6O2/c1-5-18-13-20(24(32)28-15-22(31(3)4)19-9-7-6-8-10-19)11-12-21(18)29-25(33)30-23-16-26-17(2)14-27-23/h6-14,16,22H,5,15H2,1-4H3,(H,28,32)(H2,27,29,30,33). The molecule has 0 aliphatic rings. The lowest BCUT2D eigenvalue weighted by Gasteiger charge is -2.25. The van der Waals surface area contributed by atoms with Gasteiger partial charge in [-0.05, 0) is 56.8 Å². The van der Waals surface area contributed by atoms with Gasteiger partial charge in [0.15, 0.2) is 5.82 Å². The van der Waals surface area contributed by atoms with Crippen LogP contribution >= 0.6 is 0 Å². The molecule has 3 rings (SSSR count). The molecule has 0 fully saturated rings. The molecule has 3 amide bonds. The highest BCUT2D eigenvalue weighted by molar-refractivity contribution is 6.00. The molecule has 1 aromatic heterocycles. The Bertz CT molecular complexity index is 1080. The molecule has 172 valence electrons. The van der Waals surface area contributed by atoms with Gasteiger partial charge < -0.3 is 15.5 Å². The van der Waals surface area contributed by atoms with Gasteiger partial charge in [0.25, 0.3) is 5.91 Å². The van der Waals surface area contributed by atoms with Crippen molar-refractivity contribution in [3.05, 3.63) is 83.3 Å². The van der Waals surface area contributed by atoms with Crippen LogP contribution in [-0.2, 0) is 6.42 Å². The van der Waals surface area contributed by atoms with Crippen molar-refractivity contribution in [3.8, 4) is 0 Å². The number of hydrogen-bond acceptors (Lipinski definition) is 5. The number of carbonyl (C=O) groups is 2. The van der Waals surface area contributed by atoms with E-state index in [0.717, 1.165) is 16.8 Å². The Hall–Kier alpha value is -3.78. The maximum absolute atomic E-state index is 12.8. The molecule has 1 atom stereocenters. The minimum Gasteiger partial charge on any atom is -0.350 e. The lowest BCUT2D eigenvalue weighted by Crippen LogP contribution is -2.34. The Morgan fingerprint density at radius 1 is 1.00 bits per heavy atom. The molecule has 0 bridgehead atoms. The van der Waals surface area contributed by atoms with Crippen molar-refractivity contribution in [2.75, 3.05) is 31.3 Å². The minimum atomic E-state index is -0.420. The molecule has 33 heavy (non-hydrogen) atoms. The van der Waals surface area contributed by atoms with E-state index in [4.69, 9.17) is 0 Å². The molecule has 3 aromatic rings. The van der Waals surface area contributed by atoms with Gasteiger partial charge in [-0.1, -0.05) is 37.3 Å². The third-order valence-electron chi connectivity index (χ3n) is 5.28. The molecule has 2 aromatic carbocycles. The summed E-state index contributed by atoms with van der Waals surface area (Å²) < 4.78 is 0. The van der Waals surface area contributed by atoms with Gasteiger partial charge in [-0.3, -0.25) is 15.1 Å². The van der Waals surface area contributed by atoms with E-state index in [-0.39, 0.29) is 11.9 Å². The second kappa shape index (κ2) is 11.2. The number of urea groups is 1. The summed E-state index contributed by atoms with van der Waals surface area (Å²) in [6, 6.07) is 15.0. The van der Waals surface area contributed by atoms with E-state index >= 15 is 0 Å². The van der Waals surface area contributed by atoms with Crippen LogP contribution in [0.1, 0.15) is 40.1 Å². The molecule has 1 unspecified atom stereocenters. The third kappa shape index (κ3) is 6.60. The highest BCUT2D eigenvalue weighted by Crippen LogP contribution is 2.20. The minimum absolute atomic E-state index is 0.0651. The van der Waals surface area contributed by atoms with Crippen molar-refractivity contribution in [2.24, 2.45) is 0 Å². The molecule has 8 nitrogen and oxygen atoms in total. The fourth-order valence-electron chi connectivity index (χ4n) is 3.44. The zero-order valence-corrected chi connectivity index (χ0v) is 19.4. The first kappa shape index (κ1) is 23.9. The average Bonchev–Trinajstić information content (AvgIpc) is 2.81. The number of amides is 3. The van der Waals surface area contributed by atoms with E-state index in [0.29, 0.717) is 30.0 Å². The van der Waals surface area contributed by atoms with Crippen LogP contribution < -0.4 is 16.0 Å². The second-order valence-electron chi connectivity index (χ2n) is 7.95. The van der Waals surface area contributed by atoms with Gasteiger partial charge in [-0.25, -0.2) is 9.78 Å². The molecule has 0 saturated heterocycles. The van der Waals surface area contributed by atoms with Crippen molar-refractivity contribution in [3.63, 3.8) is 0 Å². The monoisotopic (exact) mass is 446 g/mol. The number of likely N-dealkylation sites (N-methyl/N-ethyl adjacent to an activating group) is 1. The number of aryl methyl sites for hydroxylation is 2. The summed E-state index contributed by atoms with van der Waals surface area (Å²) in [6.07, 6.45) is 3.74. The van der Waals surface area contributed by atoms with E-state index in [2.05, 4.69) is 43.0 Å². The fourth-order valence-corrected chi connectivity index (χ4v) is 3.44. The van der Waals surface area contributed by atoms with Gasteiger partial charge in [0.1, 0.15) is 0 Å². The van der Waals surface area contributed by atoms with Gasteiger partial charge >= 0.3 is 6.03 Å². The fraction of sp³-hybridized carbons (Fsp3) is 0.280. The van der Waals surface area contributed by atoms with Crippen molar-refractivity contribution in [1.82, 2.24) is 20.2 Å². The summed E-state index contributed by atoms with van der Waals surface area (Å²) in [4.78, 5) is 35.5. The largest absolute Gasteiger partial charge is 0.350 e. The van der Waals surface area contributed by atoms with Gasteiger partial charge in [0.2, 0.25) is 0 Å². The number of nitrogens with zero attached hydrogens (tertiary/aromatic N) is 3. The van der Waals surface area contributed by atoms with Crippen molar-refractivity contribution in [2.45, 2.75) is 26.3 Å². The van der Waals surface area contributed by atoms with E-state index < -0.39 is 6.03 Å². The predicted molar refractivity (Wildman–Crippen MR) is 130 cm³/mol. The summed E-state index contributed by atoms with van der Waals surface area (Å²) in [7, 11) is 3.99. The van der Waals surface area contributed by atoms with E-state index in [1.165, 1.54) is 6.20 Å². The normalized spacial score (nSPS) is 11.7. The highest BCUT2D eigenvalue weighted by atomic mass is 16.2. The zero-order valence-electron chi connectivity index (χ0n) is 19.4. The SMILES string of the molecule is CCc1cc(C(=O)NCC(c2ccccc2)N(C)C)ccc1NC(=O)Nc1cnc(C)cn1. The van der Waals surface area contributed by atoms with E-state index in [1.807, 2.05) is 52.2 Å². The number of aromatic nitrogens is 2. The lowest BCUT2D eigenvalue weighted by atomic mass is 10.0. The van der Waals surface area contributed by atoms with Crippen molar-refractivity contribution < 1.29 is 9.59 Å². The topological polar surface area (TPSA) is 99.2 Å². The second-order valence-corrected chi connectivity index (χ2v) is 7.95. The van der Waals surface area contributed by atoms with Crippen LogP contribution in [-0.4, -0.2) is 47.4 Å². The Labute approximate surface area is 194 Å². The Balaban J connectivity index is 1.65. The first-order chi connectivity index (χ1) is 15.9. The van der Waals surface area contributed by atoms with Crippen LogP contribution in [0.15, 0.2) is 60.9 Å². The van der Waals surface area contributed by atoms with Crippen LogP contribution in [0.5, 0.6) is 0 Å². The average molecular weight is 447 g/mol. The van der Waals surface area contributed by atoms with Crippen LogP contribution in [0.2, 0.25) is 0 Å². The smallest absolute Gasteiger partial charge is 0.324 e. The first-order valence-corrected chi connectivity index (χ1v) is 10.9. The molecule has 8 heteroatoms. The summed E-state index contributed by atoms with van der Waals surface area (Å²) in [6.45, 7) is 4.28. The van der Waals surface area contributed by atoms with Gasteiger partial charge in [0.05, 0.1) is 24.1 Å².